The van der Waals surface area contributed by atoms with E-state index in [1.165, 1.54) is 23.2 Å². The third-order valence-electron chi connectivity index (χ3n) is 3.20. The molecule has 84 valence electrons. The molecule has 1 aliphatic heterocycles. The van der Waals surface area contributed by atoms with Crippen LogP contribution in [0.2, 0.25) is 0 Å². The lowest BCUT2D eigenvalue weighted by atomic mass is 10.1. The van der Waals surface area contributed by atoms with Gasteiger partial charge in [0.1, 0.15) is 0 Å². The molecule has 2 aromatic rings. The van der Waals surface area contributed by atoms with Crippen molar-refractivity contribution in [1.82, 2.24) is 10.2 Å². The standard InChI is InChI=1S/C12H15N3S/c1-8-10(5-6-16-8)14-11-3-2-4-12-9(11)7-13-15-12/h2-4,7-8,10,14H,5-6H2,1H3,(H,13,15). The van der Waals surface area contributed by atoms with E-state index >= 15 is 0 Å². The average Bonchev–Trinajstić information content (AvgIpc) is 2.89. The maximum absolute atomic E-state index is 4.09. The normalized spacial score (nSPS) is 25.1. The van der Waals surface area contributed by atoms with E-state index in [4.69, 9.17) is 0 Å². The van der Waals surface area contributed by atoms with Gasteiger partial charge in [0.25, 0.3) is 0 Å². The SMILES string of the molecule is CC1SCCC1Nc1cccc2[nH]ncc12. The molecule has 4 heteroatoms. The Morgan fingerprint density at radius 2 is 2.44 bits per heavy atom. The van der Waals surface area contributed by atoms with Gasteiger partial charge in [-0.15, -0.1) is 0 Å². The van der Waals surface area contributed by atoms with Crippen molar-refractivity contribution in [3.63, 3.8) is 0 Å². The second-order valence-electron chi connectivity index (χ2n) is 4.25. The monoisotopic (exact) mass is 233 g/mol. The summed E-state index contributed by atoms with van der Waals surface area (Å²) >= 11 is 2.05. The first kappa shape index (κ1) is 10.0. The van der Waals surface area contributed by atoms with E-state index in [1.807, 2.05) is 18.0 Å². The lowest BCUT2D eigenvalue weighted by molar-refractivity contribution is 0.725. The molecule has 1 fully saturated rings. The van der Waals surface area contributed by atoms with Crippen LogP contribution < -0.4 is 5.32 Å². The fourth-order valence-corrected chi connectivity index (χ4v) is 3.41. The largest absolute Gasteiger partial charge is 0.381 e. The first-order chi connectivity index (χ1) is 7.84. The quantitative estimate of drug-likeness (QED) is 0.838. The second-order valence-corrected chi connectivity index (χ2v) is 5.74. The predicted molar refractivity (Wildman–Crippen MR) is 70.0 cm³/mol. The molecule has 0 amide bonds. The van der Waals surface area contributed by atoms with Gasteiger partial charge in [0.05, 0.1) is 11.7 Å². The van der Waals surface area contributed by atoms with Crippen LogP contribution in [0.15, 0.2) is 24.4 Å². The summed E-state index contributed by atoms with van der Waals surface area (Å²) in [5.74, 6) is 1.26. The number of nitrogens with one attached hydrogen (secondary N) is 2. The molecule has 1 aromatic carbocycles. The Bertz CT molecular complexity index is 494. The Hall–Kier alpha value is -1.16. The molecule has 2 heterocycles. The molecule has 1 aliphatic rings. The molecule has 0 radical (unpaired) electrons. The molecular weight excluding hydrogens is 218 g/mol. The van der Waals surface area contributed by atoms with Crippen LogP contribution in [0.1, 0.15) is 13.3 Å². The lowest BCUT2D eigenvalue weighted by Gasteiger charge is -2.18. The molecule has 1 saturated heterocycles. The lowest BCUT2D eigenvalue weighted by Crippen LogP contribution is -2.24. The smallest absolute Gasteiger partial charge is 0.0671 e. The first-order valence-electron chi connectivity index (χ1n) is 5.65. The van der Waals surface area contributed by atoms with Crippen LogP contribution in [0, 0.1) is 0 Å². The zero-order chi connectivity index (χ0) is 11.0. The van der Waals surface area contributed by atoms with Crippen molar-refractivity contribution >= 4 is 28.4 Å². The van der Waals surface area contributed by atoms with Gasteiger partial charge in [0.2, 0.25) is 0 Å². The van der Waals surface area contributed by atoms with E-state index in [-0.39, 0.29) is 0 Å². The highest BCUT2D eigenvalue weighted by atomic mass is 32.2. The van der Waals surface area contributed by atoms with Crippen LogP contribution in [-0.4, -0.2) is 27.2 Å². The van der Waals surface area contributed by atoms with Crippen LogP contribution in [0.4, 0.5) is 5.69 Å². The summed E-state index contributed by atoms with van der Waals surface area (Å²) in [6.07, 6.45) is 3.14. The average molecular weight is 233 g/mol. The summed E-state index contributed by atoms with van der Waals surface area (Å²) < 4.78 is 0. The Balaban J connectivity index is 1.91. The minimum absolute atomic E-state index is 0.588. The van der Waals surface area contributed by atoms with Crippen LogP contribution in [0.25, 0.3) is 10.9 Å². The van der Waals surface area contributed by atoms with E-state index in [0.717, 1.165) is 5.52 Å². The van der Waals surface area contributed by atoms with Crippen molar-refractivity contribution in [2.24, 2.45) is 0 Å². The Morgan fingerprint density at radius 1 is 1.50 bits per heavy atom. The molecule has 16 heavy (non-hydrogen) atoms. The summed E-state index contributed by atoms with van der Waals surface area (Å²) in [7, 11) is 0. The van der Waals surface area contributed by atoms with E-state index < -0.39 is 0 Å². The van der Waals surface area contributed by atoms with Gasteiger partial charge in [0, 0.05) is 22.4 Å². The maximum Gasteiger partial charge on any atom is 0.0671 e. The Labute approximate surface area is 99.0 Å². The minimum atomic E-state index is 0.588. The predicted octanol–water partition coefficient (Wildman–Crippen LogP) is 2.87. The minimum Gasteiger partial charge on any atom is -0.381 e. The molecule has 0 saturated carbocycles. The van der Waals surface area contributed by atoms with Gasteiger partial charge in [-0.3, -0.25) is 5.10 Å². The number of H-pyrrole nitrogens is 1. The van der Waals surface area contributed by atoms with Gasteiger partial charge in [0.15, 0.2) is 0 Å². The molecule has 0 spiro atoms. The number of thioether (sulfide) groups is 1. The highest BCUT2D eigenvalue weighted by Gasteiger charge is 2.24. The number of benzene rings is 1. The zero-order valence-electron chi connectivity index (χ0n) is 9.23. The maximum atomic E-state index is 4.09. The van der Waals surface area contributed by atoms with E-state index in [1.54, 1.807) is 0 Å². The molecule has 2 atom stereocenters. The van der Waals surface area contributed by atoms with Crippen molar-refractivity contribution in [3.8, 4) is 0 Å². The molecule has 0 aliphatic carbocycles. The summed E-state index contributed by atoms with van der Waals surface area (Å²) in [5.41, 5.74) is 2.30. The van der Waals surface area contributed by atoms with Gasteiger partial charge in [-0.1, -0.05) is 13.0 Å². The van der Waals surface area contributed by atoms with Crippen molar-refractivity contribution in [3.05, 3.63) is 24.4 Å². The van der Waals surface area contributed by atoms with Crippen molar-refractivity contribution in [1.29, 1.82) is 0 Å². The molecule has 3 rings (SSSR count). The molecule has 1 aromatic heterocycles. The fourth-order valence-electron chi connectivity index (χ4n) is 2.22. The number of anilines is 1. The summed E-state index contributed by atoms with van der Waals surface area (Å²) in [6.45, 7) is 2.30. The topological polar surface area (TPSA) is 40.7 Å². The van der Waals surface area contributed by atoms with Crippen molar-refractivity contribution in [2.45, 2.75) is 24.6 Å². The molecule has 2 unspecified atom stereocenters. The zero-order valence-corrected chi connectivity index (χ0v) is 10.1. The Morgan fingerprint density at radius 3 is 3.25 bits per heavy atom. The summed E-state index contributed by atoms with van der Waals surface area (Å²) in [6, 6.07) is 6.84. The number of hydrogen-bond acceptors (Lipinski definition) is 3. The number of rotatable bonds is 2. The third-order valence-corrected chi connectivity index (χ3v) is 4.53. The van der Waals surface area contributed by atoms with Crippen molar-refractivity contribution < 1.29 is 0 Å². The van der Waals surface area contributed by atoms with Gasteiger partial charge >= 0.3 is 0 Å². The van der Waals surface area contributed by atoms with Crippen molar-refractivity contribution in [2.75, 3.05) is 11.1 Å². The number of hydrogen-bond donors (Lipinski definition) is 2. The highest BCUT2D eigenvalue weighted by molar-refractivity contribution is 8.00. The van der Waals surface area contributed by atoms with Gasteiger partial charge < -0.3 is 5.32 Å². The molecular formula is C12H15N3S. The Kier molecular flexibility index (Phi) is 2.52. The fraction of sp³-hybridized carbons (Fsp3) is 0.417. The van der Waals surface area contributed by atoms with Crippen LogP contribution in [0.5, 0.6) is 0 Å². The summed E-state index contributed by atoms with van der Waals surface area (Å²) in [5, 5.41) is 12.6. The second kappa shape index (κ2) is 4.01. The molecule has 0 bridgehead atoms. The molecule has 2 N–H and O–H groups in total. The number of aromatic amines is 1. The third kappa shape index (κ3) is 1.67. The van der Waals surface area contributed by atoms with E-state index in [2.05, 4.69) is 40.6 Å². The van der Waals surface area contributed by atoms with Crippen LogP contribution in [0.3, 0.4) is 0 Å². The van der Waals surface area contributed by atoms with Crippen LogP contribution in [-0.2, 0) is 0 Å². The summed E-state index contributed by atoms with van der Waals surface area (Å²) in [4.78, 5) is 0. The van der Waals surface area contributed by atoms with Gasteiger partial charge in [-0.25, -0.2) is 0 Å². The first-order valence-corrected chi connectivity index (χ1v) is 6.70. The number of fused-ring (bicyclic) bond motifs is 1. The number of nitrogens with zero attached hydrogens (tertiary/aromatic N) is 1. The van der Waals surface area contributed by atoms with Gasteiger partial charge in [-0.05, 0) is 24.3 Å². The van der Waals surface area contributed by atoms with E-state index in [0.29, 0.717) is 11.3 Å². The van der Waals surface area contributed by atoms with Crippen LogP contribution >= 0.6 is 11.8 Å². The van der Waals surface area contributed by atoms with Gasteiger partial charge in [-0.2, -0.15) is 16.9 Å². The highest BCUT2D eigenvalue weighted by Crippen LogP contribution is 2.30. The molecule has 3 nitrogen and oxygen atoms in total. The van der Waals surface area contributed by atoms with E-state index in [9.17, 15) is 0 Å². The number of aromatic nitrogens is 2.